The van der Waals surface area contributed by atoms with Crippen LogP contribution >= 0.6 is 0 Å². The van der Waals surface area contributed by atoms with Gasteiger partial charge in [-0.25, -0.2) is 0 Å². The average Bonchev–Trinajstić information content (AvgIpc) is 3.57. The summed E-state index contributed by atoms with van der Waals surface area (Å²) in [5.74, 6) is 1.48. The van der Waals surface area contributed by atoms with E-state index in [2.05, 4.69) is 87.5 Å². The van der Waals surface area contributed by atoms with Gasteiger partial charge in [0.15, 0.2) is 0 Å². The van der Waals surface area contributed by atoms with E-state index in [1.807, 2.05) is 0 Å². The third-order valence-electron chi connectivity index (χ3n) is 6.04. The molecule has 0 atom stereocenters. The predicted molar refractivity (Wildman–Crippen MR) is 123 cm³/mol. The minimum absolute atomic E-state index is 0.689. The van der Waals surface area contributed by atoms with E-state index >= 15 is 0 Å². The molecule has 0 saturated heterocycles. The molecule has 0 radical (unpaired) electrons. The van der Waals surface area contributed by atoms with E-state index in [9.17, 15) is 0 Å². The number of hydrogen-bond donors (Lipinski definition) is 0. The summed E-state index contributed by atoms with van der Waals surface area (Å²) < 4.78 is 0. The van der Waals surface area contributed by atoms with Gasteiger partial charge in [0.2, 0.25) is 0 Å². The first-order chi connectivity index (χ1) is 13.4. The molecular formula is C27H31N. The standard InChI is InChI=1S/C27H31N/c1-18(2)16-27(24-13-14-24)26-17-25(15-6-19(26)3)28(5)20(4)21-7-9-22(10-8-21)23-11-12-23/h6-10,15-17,23-24H,1,4,11-14H2,2-3,5H3/b27-16-. The maximum Gasteiger partial charge on any atom is 0.0414 e. The molecule has 0 amide bonds. The topological polar surface area (TPSA) is 3.24 Å². The average molecular weight is 370 g/mol. The summed E-state index contributed by atoms with van der Waals surface area (Å²) in [5.41, 5.74) is 10.1. The van der Waals surface area contributed by atoms with Crippen LogP contribution in [0.2, 0.25) is 0 Å². The maximum absolute atomic E-state index is 4.38. The lowest BCUT2D eigenvalue weighted by molar-refractivity contribution is 1.12. The second-order valence-corrected chi connectivity index (χ2v) is 8.62. The van der Waals surface area contributed by atoms with Gasteiger partial charge in [0.1, 0.15) is 0 Å². The van der Waals surface area contributed by atoms with Crippen molar-refractivity contribution in [2.75, 3.05) is 11.9 Å². The molecule has 0 heterocycles. The van der Waals surface area contributed by atoms with Crippen molar-refractivity contribution in [3.63, 3.8) is 0 Å². The predicted octanol–water partition coefficient (Wildman–Crippen LogP) is 7.35. The molecule has 2 aromatic carbocycles. The van der Waals surface area contributed by atoms with Crippen molar-refractivity contribution in [1.29, 1.82) is 0 Å². The van der Waals surface area contributed by atoms with Gasteiger partial charge in [0.25, 0.3) is 0 Å². The van der Waals surface area contributed by atoms with Gasteiger partial charge >= 0.3 is 0 Å². The molecule has 2 fully saturated rings. The lowest BCUT2D eigenvalue weighted by atomic mass is 9.94. The zero-order valence-corrected chi connectivity index (χ0v) is 17.5. The third kappa shape index (κ3) is 3.99. The SMILES string of the molecule is C=C(C)/C=C(\c1cc(N(C)C(=C)c2ccc(C3CC3)cc2)ccc1C)C1CC1. The molecule has 0 unspecified atom stereocenters. The van der Waals surface area contributed by atoms with Crippen LogP contribution in [0.25, 0.3) is 11.3 Å². The highest BCUT2D eigenvalue weighted by molar-refractivity contribution is 5.81. The van der Waals surface area contributed by atoms with Crippen LogP contribution in [0.5, 0.6) is 0 Å². The number of hydrogen-bond acceptors (Lipinski definition) is 1. The van der Waals surface area contributed by atoms with E-state index in [0.717, 1.165) is 17.2 Å². The van der Waals surface area contributed by atoms with Crippen molar-refractivity contribution < 1.29 is 0 Å². The molecule has 0 bridgehead atoms. The molecule has 2 aromatic rings. The zero-order chi connectivity index (χ0) is 19.8. The maximum atomic E-state index is 4.38. The highest BCUT2D eigenvalue weighted by Crippen LogP contribution is 2.44. The molecule has 4 rings (SSSR count). The normalized spacial score (nSPS) is 16.8. The fourth-order valence-corrected chi connectivity index (χ4v) is 3.92. The Morgan fingerprint density at radius 2 is 1.68 bits per heavy atom. The molecule has 0 aliphatic heterocycles. The first-order valence-electron chi connectivity index (χ1n) is 10.4. The van der Waals surface area contributed by atoms with Crippen LogP contribution in [-0.4, -0.2) is 7.05 Å². The Morgan fingerprint density at radius 1 is 1.00 bits per heavy atom. The monoisotopic (exact) mass is 369 g/mol. The minimum atomic E-state index is 0.689. The highest BCUT2D eigenvalue weighted by Gasteiger charge is 2.28. The number of nitrogens with zero attached hydrogens (tertiary/aromatic N) is 1. The molecule has 0 N–H and O–H groups in total. The summed E-state index contributed by atoms with van der Waals surface area (Å²) in [4.78, 5) is 2.21. The molecule has 2 saturated carbocycles. The Labute approximate surface area is 170 Å². The smallest absolute Gasteiger partial charge is 0.0414 e. The van der Waals surface area contributed by atoms with E-state index in [4.69, 9.17) is 0 Å². The summed E-state index contributed by atoms with van der Waals surface area (Å²) in [6.07, 6.45) is 7.54. The number of aryl methyl sites for hydroxylation is 1. The Kier molecular flexibility index (Phi) is 5.02. The Hall–Kier alpha value is -2.54. The lowest BCUT2D eigenvalue weighted by Crippen LogP contribution is -2.15. The second-order valence-electron chi connectivity index (χ2n) is 8.62. The molecule has 144 valence electrons. The van der Waals surface area contributed by atoms with Gasteiger partial charge in [0, 0.05) is 18.4 Å². The minimum Gasteiger partial charge on any atom is -0.345 e. The first-order valence-corrected chi connectivity index (χ1v) is 10.4. The van der Waals surface area contributed by atoms with Crippen LogP contribution in [0.4, 0.5) is 5.69 Å². The van der Waals surface area contributed by atoms with Gasteiger partial charge < -0.3 is 4.90 Å². The van der Waals surface area contributed by atoms with E-state index in [1.165, 1.54) is 59.2 Å². The molecule has 0 aromatic heterocycles. The summed E-state index contributed by atoms with van der Waals surface area (Å²) in [5, 5.41) is 0. The van der Waals surface area contributed by atoms with Gasteiger partial charge in [0.05, 0.1) is 0 Å². The largest absolute Gasteiger partial charge is 0.345 e. The van der Waals surface area contributed by atoms with Crippen LogP contribution < -0.4 is 4.90 Å². The zero-order valence-electron chi connectivity index (χ0n) is 17.5. The fourth-order valence-electron chi connectivity index (χ4n) is 3.92. The van der Waals surface area contributed by atoms with Crippen LogP contribution in [0, 0.1) is 12.8 Å². The van der Waals surface area contributed by atoms with Crippen molar-refractivity contribution in [3.8, 4) is 0 Å². The molecule has 2 aliphatic rings. The van der Waals surface area contributed by atoms with Crippen LogP contribution in [-0.2, 0) is 0 Å². The fraction of sp³-hybridized carbons (Fsp3) is 0.333. The van der Waals surface area contributed by atoms with Crippen molar-refractivity contribution in [3.05, 3.63) is 89.5 Å². The van der Waals surface area contributed by atoms with Gasteiger partial charge in [-0.15, -0.1) is 0 Å². The third-order valence-corrected chi connectivity index (χ3v) is 6.04. The summed E-state index contributed by atoms with van der Waals surface area (Å²) in [6, 6.07) is 15.7. The molecule has 2 aliphatic carbocycles. The highest BCUT2D eigenvalue weighted by atomic mass is 15.1. The Bertz CT molecular complexity index is 937. The molecule has 1 nitrogen and oxygen atoms in total. The number of benzene rings is 2. The molecule has 0 spiro atoms. The summed E-state index contributed by atoms with van der Waals surface area (Å²) in [6.45, 7) is 12.8. The van der Waals surface area contributed by atoms with Crippen LogP contribution in [0.1, 0.15) is 60.8 Å². The van der Waals surface area contributed by atoms with Crippen molar-refractivity contribution >= 4 is 17.0 Å². The quantitative estimate of drug-likeness (QED) is 0.461. The van der Waals surface area contributed by atoms with E-state index in [-0.39, 0.29) is 0 Å². The number of anilines is 1. The molecular weight excluding hydrogens is 338 g/mol. The lowest BCUT2D eigenvalue weighted by Gasteiger charge is -2.24. The first kappa shape index (κ1) is 18.8. The molecule has 1 heteroatoms. The number of allylic oxidation sites excluding steroid dienone is 3. The van der Waals surface area contributed by atoms with Gasteiger partial charge in [-0.3, -0.25) is 0 Å². The molecule has 28 heavy (non-hydrogen) atoms. The summed E-state index contributed by atoms with van der Waals surface area (Å²) in [7, 11) is 2.12. The van der Waals surface area contributed by atoms with Crippen LogP contribution in [0.15, 0.2) is 67.3 Å². The van der Waals surface area contributed by atoms with Gasteiger partial charge in [-0.05, 0) is 91.3 Å². The van der Waals surface area contributed by atoms with Crippen molar-refractivity contribution in [2.45, 2.75) is 45.4 Å². The van der Waals surface area contributed by atoms with E-state index in [0.29, 0.717) is 5.92 Å². The second kappa shape index (κ2) is 7.47. The van der Waals surface area contributed by atoms with E-state index < -0.39 is 0 Å². The van der Waals surface area contributed by atoms with E-state index in [1.54, 1.807) is 0 Å². The van der Waals surface area contributed by atoms with Crippen molar-refractivity contribution in [2.24, 2.45) is 5.92 Å². The van der Waals surface area contributed by atoms with Gasteiger partial charge in [-0.2, -0.15) is 0 Å². The van der Waals surface area contributed by atoms with Crippen molar-refractivity contribution in [1.82, 2.24) is 0 Å². The number of rotatable bonds is 7. The summed E-state index contributed by atoms with van der Waals surface area (Å²) >= 11 is 0. The van der Waals surface area contributed by atoms with Gasteiger partial charge in [-0.1, -0.05) is 55.1 Å². The Balaban J connectivity index is 1.61. The van der Waals surface area contributed by atoms with Crippen LogP contribution in [0.3, 0.4) is 0 Å². The Morgan fingerprint density at radius 3 is 2.25 bits per heavy atom.